The number of aryl methyl sites for hydroxylation is 2. The average Bonchev–Trinajstić information content (AvgIpc) is 2.74. The first kappa shape index (κ1) is 20.5. The van der Waals surface area contributed by atoms with Gasteiger partial charge in [0.1, 0.15) is 11.6 Å². The highest BCUT2D eigenvalue weighted by Crippen LogP contribution is 2.25. The second kappa shape index (κ2) is 9.29. The van der Waals surface area contributed by atoms with E-state index in [0.29, 0.717) is 0 Å². The minimum atomic E-state index is -0.381. The molecule has 1 unspecified atom stereocenters. The van der Waals surface area contributed by atoms with Crippen LogP contribution in [0.15, 0.2) is 54.2 Å². The highest BCUT2D eigenvalue weighted by molar-refractivity contribution is 5.97. The summed E-state index contributed by atoms with van der Waals surface area (Å²) in [6, 6.07) is 16.0. The minimum absolute atomic E-state index is 0.0464. The molecule has 5 heteroatoms. The van der Waals surface area contributed by atoms with Gasteiger partial charge in [0.05, 0.1) is 6.04 Å². The maximum Gasteiger partial charge on any atom is 0.263 e. The molecule has 0 saturated carbocycles. The molecule has 3 rings (SSSR count). The standard InChI is InChI=1S/C24H28N4O/c1-17(19-12-11-18-7-4-5-8-20(18)13-19)27-24(29)21(15-25)16-26-22-9-6-10-23(14-22)28(2)3/h6,9-14,16-17,26H,4-5,7-8H2,1-3H3,(H,27,29)/b21-16-. The predicted molar refractivity (Wildman–Crippen MR) is 118 cm³/mol. The van der Waals surface area contributed by atoms with Gasteiger partial charge in [0.2, 0.25) is 0 Å². The number of nitriles is 1. The molecular formula is C24H28N4O. The lowest BCUT2D eigenvalue weighted by Gasteiger charge is -2.20. The zero-order chi connectivity index (χ0) is 20.8. The number of carbonyl (C=O) groups is 1. The molecule has 0 aliphatic heterocycles. The summed E-state index contributed by atoms with van der Waals surface area (Å²) in [5.74, 6) is -0.381. The summed E-state index contributed by atoms with van der Waals surface area (Å²) in [7, 11) is 3.93. The van der Waals surface area contributed by atoms with Gasteiger partial charge in [-0.25, -0.2) is 0 Å². The highest BCUT2D eigenvalue weighted by Gasteiger charge is 2.16. The van der Waals surface area contributed by atoms with Crippen LogP contribution in [-0.4, -0.2) is 20.0 Å². The van der Waals surface area contributed by atoms with Crippen LogP contribution >= 0.6 is 0 Å². The van der Waals surface area contributed by atoms with Crippen molar-refractivity contribution in [2.45, 2.75) is 38.6 Å². The second-order valence-electron chi connectivity index (χ2n) is 7.69. The maximum absolute atomic E-state index is 12.6. The zero-order valence-electron chi connectivity index (χ0n) is 17.3. The van der Waals surface area contributed by atoms with Crippen LogP contribution in [-0.2, 0) is 17.6 Å². The van der Waals surface area contributed by atoms with E-state index in [4.69, 9.17) is 0 Å². The van der Waals surface area contributed by atoms with Crippen molar-refractivity contribution in [1.29, 1.82) is 5.26 Å². The van der Waals surface area contributed by atoms with E-state index in [1.807, 2.05) is 56.3 Å². The molecule has 0 heterocycles. The fourth-order valence-electron chi connectivity index (χ4n) is 3.56. The Bertz CT molecular complexity index is 956. The lowest BCUT2D eigenvalue weighted by Crippen LogP contribution is -2.28. The van der Waals surface area contributed by atoms with E-state index in [1.54, 1.807) is 0 Å². The van der Waals surface area contributed by atoms with Crippen molar-refractivity contribution in [2.75, 3.05) is 24.3 Å². The Labute approximate surface area is 173 Å². The van der Waals surface area contributed by atoms with Crippen molar-refractivity contribution in [3.63, 3.8) is 0 Å². The molecule has 5 nitrogen and oxygen atoms in total. The maximum atomic E-state index is 12.6. The first-order chi connectivity index (χ1) is 14.0. The fourth-order valence-corrected chi connectivity index (χ4v) is 3.56. The Morgan fingerprint density at radius 2 is 1.90 bits per heavy atom. The third-order valence-electron chi connectivity index (χ3n) is 5.33. The summed E-state index contributed by atoms with van der Waals surface area (Å²) in [5.41, 5.74) is 5.77. The van der Waals surface area contributed by atoms with Crippen molar-refractivity contribution in [1.82, 2.24) is 5.32 Å². The second-order valence-corrected chi connectivity index (χ2v) is 7.69. The minimum Gasteiger partial charge on any atom is -0.378 e. The Hall–Kier alpha value is -3.26. The van der Waals surface area contributed by atoms with E-state index < -0.39 is 0 Å². The van der Waals surface area contributed by atoms with Gasteiger partial charge in [-0.2, -0.15) is 5.26 Å². The van der Waals surface area contributed by atoms with Crippen LogP contribution in [0, 0.1) is 11.3 Å². The number of hydrogen-bond acceptors (Lipinski definition) is 4. The van der Waals surface area contributed by atoms with Crippen LogP contribution in [0.3, 0.4) is 0 Å². The molecule has 0 saturated heterocycles. The van der Waals surface area contributed by atoms with Gasteiger partial charge in [0.25, 0.3) is 5.91 Å². The summed E-state index contributed by atoms with van der Waals surface area (Å²) < 4.78 is 0. The summed E-state index contributed by atoms with van der Waals surface area (Å²) >= 11 is 0. The molecule has 29 heavy (non-hydrogen) atoms. The number of rotatable bonds is 6. The van der Waals surface area contributed by atoms with Crippen LogP contribution in [0.1, 0.15) is 42.5 Å². The number of benzene rings is 2. The quantitative estimate of drug-likeness (QED) is 0.571. The number of carbonyl (C=O) groups excluding carboxylic acids is 1. The molecule has 2 aromatic carbocycles. The molecule has 1 atom stereocenters. The third kappa shape index (κ3) is 5.17. The van der Waals surface area contributed by atoms with Crippen molar-refractivity contribution < 1.29 is 4.79 Å². The lowest BCUT2D eigenvalue weighted by atomic mass is 9.89. The number of amides is 1. The van der Waals surface area contributed by atoms with E-state index >= 15 is 0 Å². The fraction of sp³-hybridized carbons (Fsp3) is 0.333. The Kier molecular flexibility index (Phi) is 6.56. The van der Waals surface area contributed by atoms with E-state index in [2.05, 4.69) is 28.8 Å². The molecule has 2 N–H and O–H groups in total. The van der Waals surface area contributed by atoms with Crippen molar-refractivity contribution in [2.24, 2.45) is 0 Å². The van der Waals surface area contributed by atoms with Crippen molar-refractivity contribution in [3.05, 3.63) is 70.9 Å². The number of hydrogen-bond donors (Lipinski definition) is 2. The smallest absolute Gasteiger partial charge is 0.263 e. The molecule has 150 valence electrons. The molecule has 0 aromatic heterocycles. The molecule has 0 radical (unpaired) electrons. The van der Waals surface area contributed by atoms with Gasteiger partial charge in [-0.3, -0.25) is 4.79 Å². The topological polar surface area (TPSA) is 68.2 Å². The van der Waals surface area contributed by atoms with E-state index in [0.717, 1.165) is 29.8 Å². The van der Waals surface area contributed by atoms with Crippen molar-refractivity contribution >= 4 is 17.3 Å². The van der Waals surface area contributed by atoms with Gasteiger partial charge in [0.15, 0.2) is 0 Å². The van der Waals surface area contributed by atoms with E-state index in [-0.39, 0.29) is 17.5 Å². The van der Waals surface area contributed by atoms with Crippen molar-refractivity contribution in [3.8, 4) is 6.07 Å². The summed E-state index contributed by atoms with van der Waals surface area (Å²) in [6.07, 6.45) is 6.17. The average molecular weight is 389 g/mol. The van der Waals surface area contributed by atoms with Gasteiger partial charge in [0, 0.05) is 31.7 Å². The molecule has 1 aliphatic carbocycles. The predicted octanol–water partition coefficient (Wildman–Crippen LogP) is 4.33. The summed E-state index contributed by atoms with van der Waals surface area (Å²) in [4.78, 5) is 14.6. The monoisotopic (exact) mass is 388 g/mol. The first-order valence-electron chi connectivity index (χ1n) is 10.0. The van der Waals surface area contributed by atoms with Gasteiger partial charge < -0.3 is 15.5 Å². The number of fused-ring (bicyclic) bond motifs is 1. The SMILES string of the molecule is CC(NC(=O)/C(C#N)=C\Nc1cccc(N(C)C)c1)c1ccc2c(c1)CCCC2. The van der Waals surface area contributed by atoms with Crippen LogP contribution in [0.25, 0.3) is 0 Å². The largest absolute Gasteiger partial charge is 0.378 e. The summed E-state index contributed by atoms with van der Waals surface area (Å²) in [6.45, 7) is 1.95. The molecule has 1 aliphatic rings. The Balaban J connectivity index is 1.67. The highest BCUT2D eigenvalue weighted by atomic mass is 16.1. The van der Waals surface area contributed by atoms with Crippen LogP contribution < -0.4 is 15.5 Å². The molecule has 0 spiro atoms. The molecule has 0 fully saturated rings. The van der Waals surface area contributed by atoms with Gasteiger partial charge >= 0.3 is 0 Å². The Morgan fingerprint density at radius 3 is 2.62 bits per heavy atom. The molecule has 2 aromatic rings. The number of nitrogens with zero attached hydrogens (tertiary/aromatic N) is 2. The van der Waals surface area contributed by atoms with Gasteiger partial charge in [-0.05, 0) is 67.5 Å². The lowest BCUT2D eigenvalue weighted by molar-refractivity contribution is -0.117. The number of anilines is 2. The van der Waals surface area contributed by atoms with Gasteiger partial charge in [-0.15, -0.1) is 0 Å². The molecule has 1 amide bonds. The number of nitrogens with one attached hydrogen (secondary N) is 2. The zero-order valence-corrected chi connectivity index (χ0v) is 17.3. The van der Waals surface area contributed by atoms with E-state index in [1.165, 1.54) is 30.2 Å². The normalized spacial score (nSPS) is 14.3. The van der Waals surface area contributed by atoms with Crippen LogP contribution in [0.4, 0.5) is 11.4 Å². The van der Waals surface area contributed by atoms with Gasteiger partial charge in [-0.1, -0.05) is 24.3 Å². The van der Waals surface area contributed by atoms with Crippen LogP contribution in [0.2, 0.25) is 0 Å². The first-order valence-corrected chi connectivity index (χ1v) is 10.0. The molecular weight excluding hydrogens is 360 g/mol. The third-order valence-corrected chi connectivity index (χ3v) is 5.33. The molecule has 0 bridgehead atoms. The summed E-state index contributed by atoms with van der Waals surface area (Å²) in [5, 5.41) is 15.4. The Morgan fingerprint density at radius 1 is 1.14 bits per heavy atom. The van der Waals surface area contributed by atoms with E-state index in [9.17, 15) is 10.1 Å². The van der Waals surface area contributed by atoms with Crippen LogP contribution in [0.5, 0.6) is 0 Å².